The number of aromatic nitrogens is 1. The quantitative estimate of drug-likeness (QED) is 0.288. The summed E-state index contributed by atoms with van der Waals surface area (Å²) >= 11 is 1.22. The summed E-state index contributed by atoms with van der Waals surface area (Å²) in [7, 11) is 4.45. The Morgan fingerprint density at radius 1 is 1.02 bits per heavy atom. The Balaban J connectivity index is 1.86. The van der Waals surface area contributed by atoms with Crippen LogP contribution in [0.4, 0.5) is 0 Å². The number of phenols is 1. The van der Waals surface area contributed by atoms with Gasteiger partial charge < -0.3 is 24.1 Å². The molecule has 42 heavy (non-hydrogen) atoms. The molecule has 0 saturated carbocycles. The standard InChI is InChI=1S/C32H32N2O7S/c1-6-10-21-27(31(37)41-7-2)28(26-20-12-9-8-11-19(20)13-14-22(26)38-3)34-30(36)25(42-32(34)33-21)17-18-15-23(39-4)29(35)24(16-18)40-5/h8-9,11-17,28,35H,6-7,10H2,1-5H3/b25-17+/t28-/m1/s1. The molecule has 0 aliphatic carbocycles. The van der Waals surface area contributed by atoms with Crippen molar-refractivity contribution in [3.63, 3.8) is 0 Å². The van der Waals surface area contributed by atoms with E-state index in [2.05, 4.69) is 0 Å². The lowest BCUT2D eigenvalue weighted by atomic mass is 9.90. The Kier molecular flexibility index (Phi) is 8.35. The number of allylic oxidation sites excluding steroid dienone is 1. The van der Waals surface area contributed by atoms with Crippen molar-refractivity contribution in [3.8, 4) is 23.0 Å². The average molecular weight is 589 g/mol. The predicted molar refractivity (Wildman–Crippen MR) is 161 cm³/mol. The SMILES string of the molecule is CCCC1=C(C(=O)OCC)[C@@H](c2c(OC)ccc3ccccc23)n2c(s/c(=C/c3cc(OC)c(O)c(OC)c3)c2=O)=N1. The van der Waals surface area contributed by atoms with Gasteiger partial charge in [0.25, 0.3) is 5.56 Å². The number of phenolic OH excluding ortho intramolecular Hbond substituents is 1. The Labute approximate surface area is 246 Å². The molecule has 0 radical (unpaired) electrons. The van der Waals surface area contributed by atoms with Crippen LogP contribution in [0.5, 0.6) is 23.0 Å². The fraction of sp³-hybridized carbons (Fsp3) is 0.281. The van der Waals surface area contributed by atoms with E-state index in [1.165, 1.54) is 25.6 Å². The number of ether oxygens (including phenoxy) is 4. The molecule has 1 aromatic heterocycles. The van der Waals surface area contributed by atoms with Gasteiger partial charge in [-0.1, -0.05) is 55.0 Å². The van der Waals surface area contributed by atoms with Crippen molar-refractivity contribution >= 4 is 34.2 Å². The fourth-order valence-corrected chi connectivity index (χ4v) is 6.30. The van der Waals surface area contributed by atoms with E-state index in [1.807, 2.05) is 43.3 Å². The van der Waals surface area contributed by atoms with E-state index in [0.717, 1.165) is 17.2 Å². The summed E-state index contributed by atoms with van der Waals surface area (Å²) in [4.78, 5) is 33.2. The van der Waals surface area contributed by atoms with Gasteiger partial charge >= 0.3 is 5.97 Å². The third-order valence-corrected chi connectivity index (χ3v) is 8.10. The monoisotopic (exact) mass is 588 g/mol. The van der Waals surface area contributed by atoms with Crippen LogP contribution in [0.15, 0.2) is 69.6 Å². The number of methoxy groups -OCH3 is 3. The van der Waals surface area contributed by atoms with E-state index in [-0.39, 0.29) is 29.4 Å². The van der Waals surface area contributed by atoms with Crippen molar-refractivity contribution in [2.45, 2.75) is 32.7 Å². The molecule has 3 aromatic carbocycles. The normalized spacial score (nSPS) is 14.9. The number of rotatable bonds is 9. The number of aromatic hydroxyl groups is 1. The van der Waals surface area contributed by atoms with Gasteiger partial charge in [-0.3, -0.25) is 9.36 Å². The Morgan fingerprint density at radius 2 is 1.71 bits per heavy atom. The smallest absolute Gasteiger partial charge is 0.338 e. The highest BCUT2D eigenvalue weighted by Gasteiger charge is 2.37. The first-order valence-electron chi connectivity index (χ1n) is 13.6. The van der Waals surface area contributed by atoms with Gasteiger partial charge in [0.2, 0.25) is 5.75 Å². The summed E-state index contributed by atoms with van der Waals surface area (Å²) in [5.74, 6) is 0.306. The van der Waals surface area contributed by atoms with Gasteiger partial charge in [0.15, 0.2) is 16.3 Å². The zero-order valence-electron chi connectivity index (χ0n) is 24.1. The molecule has 0 bridgehead atoms. The molecule has 4 aromatic rings. The minimum atomic E-state index is -0.839. The third-order valence-electron chi connectivity index (χ3n) is 7.12. The first kappa shape index (κ1) is 28.9. The van der Waals surface area contributed by atoms with Crippen LogP contribution in [0.1, 0.15) is 43.9 Å². The van der Waals surface area contributed by atoms with Crippen molar-refractivity contribution in [2.75, 3.05) is 27.9 Å². The molecular formula is C32H32N2O7S. The van der Waals surface area contributed by atoms with Crippen LogP contribution in [0.3, 0.4) is 0 Å². The van der Waals surface area contributed by atoms with Crippen LogP contribution < -0.4 is 29.1 Å². The summed E-state index contributed by atoms with van der Waals surface area (Å²) in [5, 5.41) is 12.2. The topological polar surface area (TPSA) is 109 Å². The molecule has 0 spiro atoms. The number of thiazole rings is 1. The van der Waals surface area contributed by atoms with E-state index < -0.39 is 12.0 Å². The number of esters is 1. The molecular weight excluding hydrogens is 556 g/mol. The molecule has 10 heteroatoms. The van der Waals surface area contributed by atoms with E-state index >= 15 is 0 Å². The number of hydrogen-bond acceptors (Lipinski definition) is 9. The van der Waals surface area contributed by atoms with Gasteiger partial charge in [0.1, 0.15) is 11.8 Å². The molecule has 9 nitrogen and oxygen atoms in total. The molecule has 1 aliphatic rings. The van der Waals surface area contributed by atoms with Crippen molar-refractivity contribution < 1.29 is 28.8 Å². The lowest BCUT2D eigenvalue weighted by Crippen LogP contribution is -2.40. The largest absolute Gasteiger partial charge is 0.502 e. The van der Waals surface area contributed by atoms with Gasteiger partial charge in [0.05, 0.1) is 43.7 Å². The fourth-order valence-electron chi connectivity index (χ4n) is 5.28. The van der Waals surface area contributed by atoms with E-state index in [1.54, 1.807) is 36.8 Å². The summed E-state index contributed by atoms with van der Waals surface area (Å²) in [6, 6.07) is 14.0. The average Bonchev–Trinajstić information content (AvgIpc) is 3.30. The van der Waals surface area contributed by atoms with E-state index in [4.69, 9.17) is 23.9 Å². The van der Waals surface area contributed by atoms with Crippen molar-refractivity contribution in [2.24, 2.45) is 4.99 Å². The molecule has 0 unspecified atom stereocenters. The number of nitrogens with zero attached hydrogens (tertiary/aromatic N) is 2. The first-order valence-corrected chi connectivity index (χ1v) is 14.4. The minimum Gasteiger partial charge on any atom is -0.502 e. The van der Waals surface area contributed by atoms with Gasteiger partial charge in [-0.2, -0.15) is 0 Å². The first-order chi connectivity index (χ1) is 20.4. The molecule has 5 rings (SSSR count). The maximum atomic E-state index is 14.3. The summed E-state index contributed by atoms with van der Waals surface area (Å²) in [6.07, 6.45) is 2.96. The summed E-state index contributed by atoms with van der Waals surface area (Å²) in [6.45, 7) is 3.94. The third kappa shape index (κ3) is 5.02. The van der Waals surface area contributed by atoms with E-state index in [9.17, 15) is 14.7 Å². The predicted octanol–water partition coefficient (Wildman–Crippen LogP) is 4.46. The second-order valence-electron chi connectivity index (χ2n) is 9.59. The highest BCUT2D eigenvalue weighted by molar-refractivity contribution is 7.07. The van der Waals surface area contributed by atoms with E-state index in [0.29, 0.717) is 43.9 Å². The minimum absolute atomic E-state index is 0.134. The molecule has 218 valence electrons. The van der Waals surface area contributed by atoms with Crippen molar-refractivity contribution in [3.05, 3.63) is 90.6 Å². The van der Waals surface area contributed by atoms with Crippen LogP contribution in [-0.2, 0) is 9.53 Å². The highest BCUT2D eigenvalue weighted by atomic mass is 32.1. The second kappa shape index (κ2) is 12.1. The zero-order valence-corrected chi connectivity index (χ0v) is 24.9. The Morgan fingerprint density at radius 3 is 2.36 bits per heavy atom. The number of benzene rings is 3. The maximum Gasteiger partial charge on any atom is 0.338 e. The number of hydrogen-bond donors (Lipinski definition) is 1. The molecule has 0 saturated heterocycles. The molecule has 1 aliphatic heterocycles. The zero-order chi connectivity index (χ0) is 30.0. The van der Waals surface area contributed by atoms with Crippen molar-refractivity contribution in [1.29, 1.82) is 0 Å². The van der Waals surface area contributed by atoms with Crippen LogP contribution >= 0.6 is 11.3 Å². The second-order valence-corrected chi connectivity index (χ2v) is 10.6. The molecule has 0 fully saturated rings. The number of fused-ring (bicyclic) bond motifs is 2. The number of carbonyl (C=O) groups excluding carboxylic acids is 1. The maximum absolute atomic E-state index is 14.3. The molecule has 1 N–H and O–H groups in total. The highest BCUT2D eigenvalue weighted by Crippen LogP contribution is 2.41. The Bertz CT molecular complexity index is 1860. The van der Waals surface area contributed by atoms with Crippen molar-refractivity contribution in [1.82, 2.24) is 4.57 Å². The number of carbonyl (C=O) groups is 1. The van der Waals surface area contributed by atoms with Crippen LogP contribution in [0.2, 0.25) is 0 Å². The Hall–Kier alpha value is -4.57. The lowest BCUT2D eigenvalue weighted by Gasteiger charge is -2.28. The van der Waals surface area contributed by atoms with Crippen LogP contribution in [-0.4, -0.2) is 43.6 Å². The van der Waals surface area contributed by atoms with Crippen LogP contribution in [0, 0.1) is 0 Å². The van der Waals surface area contributed by atoms with Gasteiger partial charge in [-0.25, -0.2) is 9.79 Å². The van der Waals surface area contributed by atoms with Gasteiger partial charge in [-0.05, 0) is 54.0 Å². The molecule has 1 atom stereocenters. The van der Waals surface area contributed by atoms with Gasteiger partial charge in [0, 0.05) is 5.56 Å². The molecule has 0 amide bonds. The summed E-state index contributed by atoms with van der Waals surface area (Å²) in [5.41, 5.74) is 1.84. The lowest BCUT2D eigenvalue weighted by molar-refractivity contribution is -0.139. The molecule has 2 heterocycles. The summed E-state index contributed by atoms with van der Waals surface area (Å²) < 4.78 is 23.9. The van der Waals surface area contributed by atoms with Crippen LogP contribution in [0.25, 0.3) is 16.8 Å². The van der Waals surface area contributed by atoms with Gasteiger partial charge in [-0.15, -0.1) is 0 Å².